The summed E-state index contributed by atoms with van der Waals surface area (Å²) in [4.78, 5) is 3.84. The fourth-order valence-electron chi connectivity index (χ4n) is 0.943. The number of aliphatic hydroxyl groups is 1. The summed E-state index contributed by atoms with van der Waals surface area (Å²) in [5.41, 5.74) is 1.31. The molecule has 0 saturated carbocycles. The molecule has 2 N–H and O–H groups in total. The van der Waals surface area contributed by atoms with Crippen molar-refractivity contribution >= 4 is 0 Å². The van der Waals surface area contributed by atoms with Gasteiger partial charge in [-0.1, -0.05) is 0 Å². The average molecular weight is 195 g/mol. The van der Waals surface area contributed by atoms with Crippen molar-refractivity contribution in [2.24, 2.45) is 0 Å². The Morgan fingerprint density at radius 3 is 3.07 bits per heavy atom. The third-order valence-corrected chi connectivity index (χ3v) is 1.57. The van der Waals surface area contributed by atoms with Crippen molar-refractivity contribution in [1.82, 2.24) is 15.2 Å². The van der Waals surface area contributed by atoms with E-state index in [0.29, 0.717) is 11.6 Å². The number of aliphatic hydroxyl groups excluding tert-OH is 1. The van der Waals surface area contributed by atoms with Crippen molar-refractivity contribution in [3.63, 3.8) is 0 Å². The SMILES string of the molecule is Cc1cc(Oc2nc(CO)co2)n[nH]1. The summed E-state index contributed by atoms with van der Waals surface area (Å²) in [5, 5.41) is 15.3. The van der Waals surface area contributed by atoms with E-state index in [4.69, 9.17) is 14.3 Å². The van der Waals surface area contributed by atoms with Gasteiger partial charge in [0.2, 0.25) is 5.88 Å². The van der Waals surface area contributed by atoms with Crippen LogP contribution >= 0.6 is 0 Å². The second-order valence-electron chi connectivity index (χ2n) is 2.75. The summed E-state index contributed by atoms with van der Waals surface area (Å²) in [6.07, 6.45) is 1.40. The summed E-state index contributed by atoms with van der Waals surface area (Å²) in [7, 11) is 0. The van der Waals surface area contributed by atoms with E-state index < -0.39 is 0 Å². The zero-order valence-electron chi connectivity index (χ0n) is 7.52. The number of hydrogen-bond donors (Lipinski definition) is 2. The Balaban J connectivity index is 2.10. The molecule has 0 atom stereocenters. The molecule has 0 spiro atoms. The van der Waals surface area contributed by atoms with Gasteiger partial charge in [-0.05, 0) is 6.92 Å². The van der Waals surface area contributed by atoms with Crippen LogP contribution in [0.25, 0.3) is 0 Å². The van der Waals surface area contributed by atoms with Crippen molar-refractivity contribution in [3.8, 4) is 12.0 Å². The van der Waals surface area contributed by atoms with E-state index in [9.17, 15) is 0 Å². The van der Waals surface area contributed by atoms with Crippen LogP contribution in [0.3, 0.4) is 0 Å². The number of hydrogen-bond acceptors (Lipinski definition) is 5. The molecule has 2 rings (SSSR count). The Morgan fingerprint density at radius 1 is 1.64 bits per heavy atom. The van der Waals surface area contributed by atoms with Gasteiger partial charge in [0.25, 0.3) is 0 Å². The van der Waals surface area contributed by atoms with Gasteiger partial charge in [-0.2, -0.15) is 4.98 Å². The Bertz CT molecular complexity index is 421. The molecule has 6 nitrogen and oxygen atoms in total. The number of ether oxygens (including phenoxy) is 1. The van der Waals surface area contributed by atoms with Gasteiger partial charge in [0.05, 0.1) is 6.61 Å². The molecule has 2 aromatic rings. The molecule has 0 fully saturated rings. The Labute approximate surface area is 79.5 Å². The van der Waals surface area contributed by atoms with Crippen LogP contribution in [0.15, 0.2) is 16.7 Å². The first kappa shape index (κ1) is 8.76. The fraction of sp³-hybridized carbons (Fsp3) is 0.250. The highest BCUT2D eigenvalue weighted by atomic mass is 16.6. The second kappa shape index (κ2) is 3.51. The minimum absolute atomic E-state index is 0.0700. The molecule has 2 heterocycles. The van der Waals surface area contributed by atoms with Gasteiger partial charge in [-0.15, -0.1) is 5.10 Å². The van der Waals surface area contributed by atoms with Gasteiger partial charge in [-0.3, -0.25) is 5.10 Å². The maximum absolute atomic E-state index is 8.72. The Hall–Kier alpha value is -1.82. The molecule has 74 valence electrons. The zero-order chi connectivity index (χ0) is 9.97. The number of oxazole rings is 1. The molecular formula is C8H9N3O3. The third-order valence-electron chi connectivity index (χ3n) is 1.57. The lowest BCUT2D eigenvalue weighted by atomic mass is 10.5. The van der Waals surface area contributed by atoms with Crippen molar-refractivity contribution < 1.29 is 14.3 Å². The van der Waals surface area contributed by atoms with Gasteiger partial charge < -0.3 is 14.3 Å². The minimum atomic E-state index is -0.174. The summed E-state index contributed by atoms with van der Waals surface area (Å²) in [5.74, 6) is 0.383. The van der Waals surface area contributed by atoms with Crippen LogP contribution < -0.4 is 4.74 Å². The van der Waals surface area contributed by atoms with Crippen molar-refractivity contribution in [3.05, 3.63) is 23.7 Å². The van der Waals surface area contributed by atoms with Crippen LogP contribution in [-0.2, 0) is 6.61 Å². The molecule has 0 aliphatic heterocycles. The Morgan fingerprint density at radius 2 is 2.50 bits per heavy atom. The van der Waals surface area contributed by atoms with Gasteiger partial charge in [-0.25, -0.2) is 0 Å². The maximum atomic E-state index is 8.72. The van der Waals surface area contributed by atoms with Gasteiger partial charge >= 0.3 is 6.08 Å². The summed E-state index contributed by atoms with van der Waals surface area (Å²) in [6.45, 7) is 1.68. The highest BCUT2D eigenvalue weighted by Gasteiger charge is 2.07. The van der Waals surface area contributed by atoms with Crippen LogP contribution in [0, 0.1) is 6.92 Å². The molecule has 6 heteroatoms. The van der Waals surface area contributed by atoms with Gasteiger partial charge in [0.1, 0.15) is 12.0 Å². The molecule has 0 amide bonds. The van der Waals surface area contributed by atoms with E-state index in [-0.39, 0.29) is 12.7 Å². The van der Waals surface area contributed by atoms with E-state index in [1.54, 1.807) is 6.07 Å². The highest BCUT2D eigenvalue weighted by molar-refractivity contribution is 5.16. The molecule has 0 unspecified atom stereocenters. The van der Waals surface area contributed by atoms with Crippen LogP contribution in [0.1, 0.15) is 11.4 Å². The van der Waals surface area contributed by atoms with E-state index in [1.807, 2.05) is 6.92 Å². The van der Waals surface area contributed by atoms with Crippen molar-refractivity contribution in [1.29, 1.82) is 0 Å². The summed E-state index contributed by atoms with van der Waals surface area (Å²) < 4.78 is 10.1. The first-order valence-corrected chi connectivity index (χ1v) is 4.03. The van der Waals surface area contributed by atoms with Crippen LogP contribution in [-0.4, -0.2) is 20.3 Å². The zero-order valence-corrected chi connectivity index (χ0v) is 7.52. The number of nitrogens with one attached hydrogen (secondary N) is 1. The lowest BCUT2D eigenvalue weighted by Gasteiger charge is -1.91. The number of aromatic amines is 1. The van der Waals surface area contributed by atoms with Gasteiger partial charge in [0, 0.05) is 11.8 Å². The topological polar surface area (TPSA) is 84.2 Å². The van der Waals surface area contributed by atoms with Crippen LogP contribution in [0.4, 0.5) is 0 Å². The predicted molar refractivity (Wildman–Crippen MR) is 45.8 cm³/mol. The van der Waals surface area contributed by atoms with E-state index in [0.717, 1.165) is 5.69 Å². The number of nitrogens with zero attached hydrogens (tertiary/aromatic N) is 2. The number of rotatable bonds is 3. The Kier molecular flexibility index (Phi) is 2.19. The monoisotopic (exact) mass is 195 g/mol. The maximum Gasteiger partial charge on any atom is 0.400 e. The van der Waals surface area contributed by atoms with Crippen molar-refractivity contribution in [2.75, 3.05) is 0 Å². The second-order valence-corrected chi connectivity index (χ2v) is 2.75. The molecule has 14 heavy (non-hydrogen) atoms. The normalized spacial score (nSPS) is 10.4. The smallest absolute Gasteiger partial charge is 0.400 e. The fourth-order valence-corrected chi connectivity index (χ4v) is 0.943. The molecule has 0 aliphatic carbocycles. The average Bonchev–Trinajstić information content (AvgIpc) is 2.76. The highest BCUT2D eigenvalue weighted by Crippen LogP contribution is 2.18. The van der Waals surface area contributed by atoms with E-state index in [2.05, 4.69) is 15.2 Å². The molecule has 0 radical (unpaired) electrons. The largest absolute Gasteiger partial charge is 0.417 e. The van der Waals surface area contributed by atoms with E-state index in [1.165, 1.54) is 6.26 Å². The molecule has 0 bridgehead atoms. The molecule has 0 saturated heterocycles. The van der Waals surface area contributed by atoms with Gasteiger partial charge in [0.15, 0.2) is 0 Å². The van der Waals surface area contributed by atoms with Crippen molar-refractivity contribution in [2.45, 2.75) is 13.5 Å². The van der Waals surface area contributed by atoms with Crippen LogP contribution in [0.5, 0.6) is 12.0 Å². The lowest BCUT2D eigenvalue weighted by Crippen LogP contribution is -1.86. The molecule has 0 aliphatic rings. The molecule has 2 aromatic heterocycles. The number of aromatic nitrogens is 3. The number of H-pyrrole nitrogens is 1. The molecule has 0 aromatic carbocycles. The minimum Gasteiger partial charge on any atom is -0.417 e. The first-order chi connectivity index (χ1) is 6.78. The van der Waals surface area contributed by atoms with Crippen LogP contribution in [0.2, 0.25) is 0 Å². The standard InChI is InChI=1S/C8H9N3O3/c1-5-2-7(11-10-5)14-8-9-6(3-12)4-13-8/h2,4,12H,3H2,1H3,(H,10,11). The third kappa shape index (κ3) is 1.74. The first-order valence-electron chi connectivity index (χ1n) is 4.03. The predicted octanol–water partition coefficient (Wildman–Crippen LogP) is 0.991. The number of aryl methyl sites for hydroxylation is 1. The molecular weight excluding hydrogens is 186 g/mol. The summed E-state index contributed by atoms with van der Waals surface area (Å²) >= 11 is 0. The lowest BCUT2D eigenvalue weighted by molar-refractivity contribution is 0.276. The van der Waals surface area contributed by atoms with E-state index >= 15 is 0 Å². The summed E-state index contributed by atoms with van der Waals surface area (Å²) in [6, 6.07) is 1.71. The quantitative estimate of drug-likeness (QED) is 0.762.